The maximum Gasteiger partial charge on any atom is 0.314 e. The van der Waals surface area contributed by atoms with Gasteiger partial charge in [-0.15, -0.1) is 0 Å². The van der Waals surface area contributed by atoms with E-state index in [9.17, 15) is 4.79 Å². The monoisotopic (exact) mass is 418 g/mol. The summed E-state index contributed by atoms with van der Waals surface area (Å²) >= 11 is 0. The molecule has 0 atom stereocenters. The van der Waals surface area contributed by atoms with Crippen LogP contribution in [-0.2, 0) is 17.6 Å². The van der Waals surface area contributed by atoms with Crippen LogP contribution in [0.25, 0.3) is 0 Å². The predicted octanol–water partition coefficient (Wildman–Crippen LogP) is 6.42. The molecule has 0 N–H and O–H groups in total. The fourth-order valence-electron chi connectivity index (χ4n) is 4.38. The minimum Gasteiger partial charge on any atom is -0.425 e. The Labute approximate surface area is 186 Å². The second-order valence-corrected chi connectivity index (χ2v) is 8.78. The number of nitrogens with zero attached hydrogens (tertiary/aromatic N) is 2. The van der Waals surface area contributed by atoms with E-state index >= 15 is 0 Å². The first-order chi connectivity index (χ1) is 15.2. The normalized spacial score (nSPS) is 18.3. The number of carbonyl (C=O) groups excluding carboxylic acids is 1. The molecular weight excluding hydrogens is 384 g/mol. The highest BCUT2D eigenvalue weighted by Gasteiger charge is 2.27. The number of carbonyl (C=O) groups is 1. The van der Waals surface area contributed by atoms with E-state index in [-0.39, 0.29) is 11.9 Å². The molecule has 0 unspecified atom stereocenters. The molecule has 0 spiro atoms. The van der Waals surface area contributed by atoms with Crippen LogP contribution in [0.5, 0.6) is 5.75 Å². The number of rotatable bonds is 10. The van der Waals surface area contributed by atoms with Crippen LogP contribution in [0.4, 0.5) is 0 Å². The Balaban J connectivity index is 1.39. The molecule has 0 saturated heterocycles. The Bertz CT molecular complexity index is 844. The van der Waals surface area contributed by atoms with Crippen LogP contribution in [0, 0.1) is 23.2 Å². The summed E-state index contributed by atoms with van der Waals surface area (Å²) in [7, 11) is 0. The van der Waals surface area contributed by atoms with Crippen LogP contribution in [-0.4, -0.2) is 11.0 Å². The van der Waals surface area contributed by atoms with Gasteiger partial charge in [-0.25, -0.2) is 0 Å². The number of hydrogen-bond acceptors (Lipinski definition) is 4. The Morgan fingerprint density at radius 1 is 1.03 bits per heavy atom. The number of benzene rings is 1. The van der Waals surface area contributed by atoms with E-state index in [1.54, 1.807) is 6.20 Å². The van der Waals surface area contributed by atoms with Crippen molar-refractivity contribution in [3.05, 3.63) is 59.4 Å². The highest BCUT2D eigenvalue weighted by Crippen LogP contribution is 2.33. The molecule has 1 saturated carbocycles. The quantitative estimate of drug-likeness (QED) is 0.330. The van der Waals surface area contributed by atoms with Crippen LogP contribution < -0.4 is 4.74 Å². The smallest absolute Gasteiger partial charge is 0.314 e. The Hall–Kier alpha value is -2.67. The first-order valence-electron chi connectivity index (χ1n) is 11.8. The minimum atomic E-state index is -0.100. The number of nitriles is 1. The molecule has 31 heavy (non-hydrogen) atoms. The number of aryl methyl sites for hydroxylation is 2. The zero-order valence-electron chi connectivity index (χ0n) is 18.7. The molecule has 1 fully saturated rings. The molecule has 0 radical (unpaired) electrons. The van der Waals surface area contributed by atoms with E-state index in [2.05, 4.69) is 18.0 Å². The van der Waals surface area contributed by atoms with Gasteiger partial charge in [0.05, 0.1) is 23.7 Å². The number of pyridine rings is 1. The minimum absolute atomic E-state index is 0.0305. The average molecular weight is 419 g/mol. The molecule has 2 aromatic rings. The van der Waals surface area contributed by atoms with Crippen molar-refractivity contribution < 1.29 is 9.53 Å². The molecular formula is C27H34N2O2. The van der Waals surface area contributed by atoms with Gasteiger partial charge in [-0.05, 0) is 74.3 Å². The van der Waals surface area contributed by atoms with Crippen molar-refractivity contribution in [2.24, 2.45) is 11.8 Å². The van der Waals surface area contributed by atoms with Crippen LogP contribution in [0.1, 0.15) is 81.5 Å². The fourth-order valence-corrected chi connectivity index (χ4v) is 4.38. The van der Waals surface area contributed by atoms with Gasteiger partial charge in [0.2, 0.25) is 0 Å². The summed E-state index contributed by atoms with van der Waals surface area (Å²) in [6, 6.07) is 13.5. The summed E-state index contributed by atoms with van der Waals surface area (Å²) < 4.78 is 5.61. The SMILES string of the molecule is CCCCCC[C@H]1CC[C@H](C(=O)Oc2ccc(CCc3ccc(C#N)cc3)nc2)CC1. The van der Waals surface area contributed by atoms with Crippen molar-refractivity contribution in [3.63, 3.8) is 0 Å². The Morgan fingerprint density at radius 2 is 1.81 bits per heavy atom. The van der Waals surface area contributed by atoms with Gasteiger partial charge >= 0.3 is 5.97 Å². The molecule has 1 heterocycles. The lowest BCUT2D eigenvalue weighted by atomic mass is 9.80. The van der Waals surface area contributed by atoms with E-state index in [1.165, 1.54) is 37.7 Å². The van der Waals surface area contributed by atoms with Gasteiger partial charge in [0.25, 0.3) is 0 Å². The summed E-state index contributed by atoms with van der Waals surface area (Å²) in [5.41, 5.74) is 2.82. The fraction of sp³-hybridized carbons (Fsp3) is 0.519. The standard InChI is InChI=1S/C27H34N2O2/c1-2-3-4-5-6-21-11-14-24(15-12-21)27(30)31-26-18-17-25(29-20-26)16-13-22-7-9-23(19-28)10-8-22/h7-10,17-18,20-21,24H,2-6,11-16H2,1H3/t21-,24-. The van der Waals surface area contributed by atoms with E-state index in [0.717, 1.165) is 50.1 Å². The number of esters is 1. The topological polar surface area (TPSA) is 63.0 Å². The van der Waals surface area contributed by atoms with E-state index in [0.29, 0.717) is 11.3 Å². The number of ether oxygens (including phenoxy) is 1. The summed E-state index contributed by atoms with van der Waals surface area (Å²) in [5.74, 6) is 1.26. The van der Waals surface area contributed by atoms with Crippen molar-refractivity contribution in [1.82, 2.24) is 4.98 Å². The first kappa shape index (κ1) is 23.0. The molecule has 4 heteroatoms. The first-order valence-corrected chi connectivity index (χ1v) is 11.8. The molecule has 1 aromatic carbocycles. The van der Waals surface area contributed by atoms with Gasteiger partial charge in [0.1, 0.15) is 5.75 Å². The lowest BCUT2D eigenvalue weighted by Gasteiger charge is -2.27. The van der Waals surface area contributed by atoms with Crippen LogP contribution >= 0.6 is 0 Å². The Kier molecular flexibility index (Phi) is 9.09. The van der Waals surface area contributed by atoms with Crippen molar-refractivity contribution in [1.29, 1.82) is 5.26 Å². The van der Waals surface area contributed by atoms with E-state index in [1.807, 2.05) is 36.4 Å². The van der Waals surface area contributed by atoms with Gasteiger partial charge in [0, 0.05) is 5.69 Å². The third-order valence-corrected chi connectivity index (χ3v) is 6.41. The summed E-state index contributed by atoms with van der Waals surface area (Å²) in [6.07, 6.45) is 14.1. The largest absolute Gasteiger partial charge is 0.425 e. The van der Waals surface area contributed by atoms with Gasteiger partial charge in [0.15, 0.2) is 0 Å². The average Bonchev–Trinajstić information content (AvgIpc) is 2.82. The molecule has 1 aromatic heterocycles. The third-order valence-electron chi connectivity index (χ3n) is 6.41. The van der Waals surface area contributed by atoms with Crippen LogP contribution in [0.2, 0.25) is 0 Å². The molecule has 1 aliphatic rings. The number of unbranched alkanes of at least 4 members (excludes halogenated alkanes) is 3. The third kappa shape index (κ3) is 7.51. The lowest BCUT2D eigenvalue weighted by molar-refractivity contribution is -0.140. The summed E-state index contributed by atoms with van der Waals surface area (Å²) in [6.45, 7) is 2.25. The van der Waals surface area contributed by atoms with Crippen molar-refractivity contribution in [2.75, 3.05) is 0 Å². The Morgan fingerprint density at radius 3 is 2.45 bits per heavy atom. The molecule has 4 nitrogen and oxygen atoms in total. The maximum absolute atomic E-state index is 12.5. The van der Waals surface area contributed by atoms with E-state index < -0.39 is 0 Å². The van der Waals surface area contributed by atoms with Gasteiger partial charge in [-0.1, -0.05) is 51.2 Å². The molecule has 0 bridgehead atoms. The van der Waals surface area contributed by atoms with Crippen LogP contribution in [0.3, 0.4) is 0 Å². The second kappa shape index (κ2) is 12.2. The van der Waals surface area contributed by atoms with Gasteiger partial charge < -0.3 is 4.74 Å². The molecule has 0 aliphatic heterocycles. The zero-order chi connectivity index (χ0) is 21.9. The molecule has 1 aliphatic carbocycles. The summed E-state index contributed by atoms with van der Waals surface area (Å²) in [4.78, 5) is 17.0. The van der Waals surface area contributed by atoms with Crippen molar-refractivity contribution in [2.45, 2.75) is 77.6 Å². The van der Waals surface area contributed by atoms with Gasteiger partial charge in [-0.3, -0.25) is 9.78 Å². The highest BCUT2D eigenvalue weighted by atomic mass is 16.5. The molecule has 3 rings (SSSR count). The second-order valence-electron chi connectivity index (χ2n) is 8.78. The number of hydrogen-bond donors (Lipinski definition) is 0. The van der Waals surface area contributed by atoms with Crippen LogP contribution in [0.15, 0.2) is 42.6 Å². The highest BCUT2D eigenvalue weighted by molar-refractivity contribution is 5.75. The zero-order valence-corrected chi connectivity index (χ0v) is 18.7. The van der Waals surface area contributed by atoms with Gasteiger partial charge in [-0.2, -0.15) is 5.26 Å². The predicted molar refractivity (Wildman–Crippen MR) is 123 cm³/mol. The molecule has 164 valence electrons. The molecule has 0 amide bonds. The van der Waals surface area contributed by atoms with Crippen molar-refractivity contribution in [3.8, 4) is 11.8 Å². The lowest BCUT2D eigenvalue weighted by Crippen LogP contribution is -2.25. The number of aromatic nitrogens is 1. The van der Waals surface area contributed by atoms with Crippen molar-refractivity contribution >= 4 is 5.97 Å². The maximum atomic E-state index is 12.5. The summed E-state index contributed by atoms with van der Waals surface area (Å²) in [5, 5.41) is 8.87. The van der Waals surface area contributed by atoms with E-state index in [4.69, 9.17) is 10.00 Å².